The second-order valence-electron chi connectivity index (χ2n) is 9.96. The Morgan fingerprint density at radius 3 is 2.67 bits per heavy atom. The van der Waals surface area contributed by atoms with Crippen LogP contribution in [-0.2, 0) is 26.8 Å². The van der Waals surface area contributed by atoms with Gasteiger partial charge in [0.1, 0.15) is 5.76 Å². The molecule has 1 aromatic heterocycles. The van der Waals surface area contributed by atoms with Gasteiger partial charge in [-0.1, -0.05) is 45.9 Å². The van der Waals surface area contributed by atoms with E-state index in [1.807, 2.05) is 0 Å². The van der Waals surface area contributed by atoms with Crippen molar-refractivity contribution in [1.82, 2.24) is 4.98 Å². The summed E-state index contributed by atoms with van der Waals surface area (Å²) < 4.78 is 10.9. The molecular weight excluding hydrogens is 374 g/mol. The van der Waals surface area contributed by atoms with E-state index in [4.69, 9.17) is 14.1 Å². The highest BCUT2D eigenvalue weighted by Gasteiger charge is 2.38. The van der Waals surface area contributed by atoms with Gasteiger partial charge in [-0.3, -0.25) is 0 Å². The van der Waals surface area contributed by atoms with Gasteiger partial charge in [-0.2, -0.15) is 0 Å². The van der Waals surface area contributed by atoms with Crippen LogP contribution in [0.5, 0.6) is 0 Å². The average molecular weight is 408 g/mol. The molecule has 0 saturated heterocycles. The van der Waals surface area contributed by atoms with E-state index < -0.39 is 0 Å². The van der Waals surface area contributed by atoms with Gasteiger partial charge in [0.05, 0.1) is 12.3 Å². The summed E-state index contributed by atoms with van der Waals surface area (Å²) in [5, 5.41) is 0. The van der Waals surface area contributed by atoms with Gasteiger partial charge in [-0.25, -0.2) is 9.78 Å². The Balaban J connectivity index is 1.68. The smallest absolute Gasteiger partial charge is 0.330 e. The molecule has 0 bridgehead atoms. The Morgan fingerprint density at radius 1 is 1.20 bits per heavy atom. The maximum Gasteiger partial charge on any atom is 0.330 e. The van der Waals surface area contributed by atoms with Gasteiger partial charge in [0.25, 0.3) is 0 Å². The lowest BCUT2D eigenvalue weighted by Crippen LogP contribution is -2.34. The number of oxazole rings is 1. The fourth-order valence-electron chi connectivity index (χ4n) is 4.99. The zero-order valence-electron chi connectivity index (χ0n) is 18.9. The predicted molar refractivity (Wildman–Crippen MR) is 119 cm³/mol. The standard InChI is InChI=1S/C26H33NO3/c1-6-29-23(28)13-12-22-27-24-18(8-7-9-21(24)30-22)17-10-11-19-20(16-17)26(4,5)15-14-25(19,2)3/h10-13,16,18H,6-9,14-15H2,1-5H3. The number of aryl methyl sites for hydroxylation is 1. The molecule has 4 heteroatoms. The second-order valence-corrected chi connectivity index (χ2v) is 9.96. The highest BCUT2D eigenvalue weighted by molar-refractivity contribution is 5.86. The van der Waals surface area contributed by atoms with Crippen LogP contribution in [0.25, 0.3) is 6.08 Å². The molecule has 0 saturated carbocycles. The first-order valence-corrected chi connectivity index (χ1v) is 11.2. The number of aromatic nitrogens is 1. The van der Waals surface area contributed by atoms with Crippen molar-refractivity contribution in [2.75, 3.05) is 6.61 Å². The molecule has 0 radical (unpaired) electrons. The molecule has 0 spiro atoms. The van der Waals surface area contributed by atoms with Crippen LogP contribution in [0.15, 0.2) is 28.7 Å². The van der Waals surface area contributed by atoms with Crippen molar-refractivity contribution >= 4 is 12.0 Å². The molecule has 4 rings (SSSR count). The minimum absolute atomic E-state index is 0.190. The summed E-state index contributed by atoms with van der Waals surface area (Å²) in [6.07, 6.45) is 8.49. The number of fused-ring (bicyclic) bond motifs is 2. The molecule has 0 amide bonds. The number of carbonyl (C=O) groups excluding carboxylic acids is 1. The van der Waals surface area contributed by atoms with E-state index in [-0.39, 0.29) is 22.7 Å². The largest absolute Gasteiger partial charge is 0.463 e. The van der Waals surface area contributed by atoms with E-state index in [1.54, 1.807) is 13.0 Å². The fraction of sp³-hybridized carbons (Fsp3) is 0.538. The second kappa shape index (κ2) is 7.72. The average Bonchev–Trinajstić information content (AvgIpc) is 3.13. The predicted octanol–water partition coefficient (Wildman–Crippen LogP) is 6.07. The summed E-state index contributed by atoms with van der Waals surface area (Å²) in [6, 6.07) is 7.07. The van der Waals surface area contributed by atoms with E-state index in [1.165, 1.54) is 35.6 Å². The Bertz CT molecular complexity index is 980. The molecule has 2 aliphatic rings. The third kappa shape index (κ3) is 3.84. The molecule has 4 nitrogen and oxygen atoms in total. The highest BCUT2D eigenvalue weighted by atomic mass is 16.5. The van der Waals surface area contributed by atoms with Crippen LogP contribution in [0.4, 0.5) is 0 Å². The number of hydrogen-bond acceptors (Lipinski definition) is 4. The van der Waals surface area contributed by atoms with Crippen LogP contribution in [0, 0.1) is 0 Å². The van der Waals surface area contributed by atoms with Gasteiger partial charge >= 0.3 is 5.97 Å². The minimum atomic E-state index is -0.371. The minimum Gasteiger partial charge on any atom is -0.463 e. The summed E-state index contributed by atoms with van der Waals surface area (Å²) in [5.41, 5.74) is 5.73. The van der Waals surface area contributed by atoms with Gasteiger partial charge in [-0.05, 0) is 60.1 Å². The van der Waals surface area contributed by atoms with Crippen molar-refractivity contribution in [3.8, 4) is 0 Å². The van der Waals surface area contributed by atoms with E-state index in [2.05, 4.69) is 45.9 Å². The van der Waals surface area contributed by atoms with Gasteiger partial charge in [0.2, 0.25) is 5.89 Å². The molecule has 30 heavy (non-hydrogen) atoms. The lowest BCUT2D eigenvalue weighted by molar-refractivity contribution is -0.137. The van der Waals surface area contributed by atoms with Gasteiger partial charge in [-0.15, -0.1) is 0 Å². The molecule has 160 valence electrons. The summed E-state index contributed by atoms with van der Waals surface area (Å²) in [5.74, 6) is 1.31. The fourth-order valence-corrected chi connectivity index (χ4v) is 4.99. The third-order valence-electron chi connectivity index (χ3n) is 6.90. The normalized spacial score (nSPS) is 21.8. The number of esters is 1. The topological polar surface area (TPSA) is 52.3 Å². The van der Waals surface area contributed by atoms with Crippen molar-refractivity contribution in [2.24, 2.45) is 0 Å². The lowest BCUT2D eigenvalue weighted by Gasteiger charge is -2.42. The zero-order chi connectivity index (χ0) is 21.5. The Morgan fingerprint density at radius 2 is 1.93 bits per heavy atom. The number of benzene rings is 1. The van der Waals surface area contributed by atoms with E-state index in [0.717, 1.165) is 30.7 Å². The Hall–Kier alpha value is -2.36. The Kier molecular flexibility index (Phi) is 5.37. The molecule has 1 aromatic carbocycles. The zero-order valence-corrected chi connectivity index (χ0v) is 18.9. The molecule has 1 heterocycles. The quantitative estimate of drug-likeness (QED) is 0.456. The van der Waals surface area contributed by atoms with E-state index >= 15 is 0 Å². The van der Waals surface area contributed by atoms with Gasteiger partial charge < -0.3 is 9.15 Å². The summed E-state index contributed by atoms with van der Waals surface area (Å²) in [4.78, 5) is 16.4. The number of nitrogens with zero attached hydrogens (tertiary/aromatic N) is 1. The number of rotatable bonds is 4. The van der Waals surface area contributed by atoms with Crippen LogP contribution in [0.1, 0.15) is 100 Å². The van der Waals surface area contributed by atoms with Crippen molar-refractivity contribution in [2.45, 2.75) is 83.5 Å². The molecule has 1 atom stereocenters. The van der Waals surface area contributed by atoms with Crippen molar-refractivity contribution in [3.05, 3.63) is 58.3 Å². The molecular formula is C26H33NO3. The summed E-state index contributed by atoms with van der Waals surface area (Å²) in [6.45, 7) is 11.6. The van der Waals surface area contributed by atoms with Crippen molar-refractivity contribution in [1.29, 1.82) is 0 Å². The molecule has 0 fully saturated rings. The maximum absolute atomic E-state index is 11.6. The Labute approximate surface area is 179 Å². The number of carbonyl (C=O) groups is 1. The van der Waals surface area contributed by atoms with Crippen LogP contribution in [0.2, 0.25) is 0 Å². The van der Waals surface area contributed by atoms with Gasteiger partial charge in [0.15, 0.2) is 0 Å². The SMILES string of the molecule is CCOC(=O)C=Cc1nc2c(o1)CCCC2c1ccc2c(c1)C(C)(C)CCC2(C)C. The van der Waals surface area contributed by atoms with Gasteiger partial charge in [0, 0.05) is 24.5 Å². The van der Waals surface area contributed by atoms with Crippen LogP contribution < -0.4 is 0 Å². The lowest BCUT2D eigenvalue weighted by atomic mass is 9.62. The monoisotopic (exact) mass is 407 g/mol. The van der Waals surface area contributed by atoms with E-state index in [0.29, 0.717) is 12.5 Å². The van der Waals surface area contributed by atoms with Crippen molar-refractivity contribution < 1.29 is 13.9 Å². The molecule has 2 aliphatic carbocycles. The third-order valence-corrected chi connectivity index (χ3v) is 6.90. The van der Waals surface area contributed by atoms with E-state index in [9.17, 15) is 4.79 Å². The number of hydrogen-bond donors (Lipinski definition) is 0. The highest BCUT2D eigenvalue weighted by Crippen LogP contribution is 2.47. The first-order chi connectivity index (χ1) is 14.2. The summed E-state index contributed by atoms with van der Waals surface area (Å²) >= 11 is 0. The molecule has 0 aliphatic heterocycles. The molecule has 2 aromatic rings. The first-order valence-electron chi connectivity index (χ1n) is 11.2. The maximum atomic E-state index is 11.6. The first kappa shape index (κ1) is 20.9. The molecule has 1 unspecified atom stereocenters. The molecule has 0 N–H and O–H groups in total. The van der Waals surface area contributed by atoms with Crippen LogP contribution in [-0.4, -0.2) is 17.6 Å². The van der Waals surface area contributed by atoms with Crippen LogP contribution in [0.3, 0.4) is 0 Å². The van der Waals surface area contributed by atoms with Crippen molar-refractivity contribution in [3.63, 3.8) is 0 Å². The van der Waals surface area contributed by atoms with Crippen LogP contribution >= 0.6 is 0 Å². The number of ether oxygens (including phenoxy) is 1. The summed E-state index contributed by atoms with van der Waals surface area (Å²) in [7, 11) is 0.